The summed E-state index contributed by atoms with van der Waals surface area (Å²) in [6.07, 6.45) is 2.77. The van der Waals surface area contributed by atoms with Crippen molar-refractivity contribution in [2.75, 3.05) is 20.1 Å². The van der Waals surface area contributed by atoms with Crippen LogP contribution in [0.4, 0.5) is 0 Å². The number of nitrogens with zero attached hydrogens (tertiary/aromatic N) is 2. The number of carbonyl (C=O) groups excluding carboxylic acids is 1. The van der Waals surface area contributed by atoms with Gasteiger partial charge < -0.3 is 14.9 Å². The van der Waals surface area contributed by atoms with E-state index in [2.05, 4.69) is 18.7 Å². The third-order valence-corrected chi connectivity index (χ3v) is 3.95. The third-order valence-electron chi connectivity index (χ3n) is 3.95. The van der Waals surface area contributed by atoms with Crippen LogP contribution in [0.15, 0.2) is 0 Å². The van der Waals surface area contributed by atoms with Crippen LogP contribution in [-0.2, 0) is 4.79 Å². The SMILES string of the molecule is CC(O)CCC(=O)N(C)C1CCN(C(C)C)CC1. The van der Waals surface area contributed by atoms with E-state index in [4.69, 9.17) is 0 Å². The van der Waals surface area contributed by atoms with Gasteiger partial charge >= 0.3 is 0 Å². The van der Waals surface area contributed by atoms with Gasteiger partial charge in [0.1, 0.15) is 0 Å². The number of piperidine rings is 1. The first-order valence-corrected chi connectivity index (χ1v) is 7.09. The molecule has 1 aliphatic heterocycles. The Kier molecular flexibility index (Phi) is 6.09. The maximum atomic E-state index is 12.0. The van der Waals surface area contributed by atoms with E-state index in [0.717, 1.165) is 25.9 Å². The van der Waals surface area contributed by atoms with E-state index in [1.165, 1.54) is 0 Å². The number of carbonyl (C=O) groups is 1. The second-order valence-electron chi connectivity index (χ2n) is 5.75. The summed E-state index contributed by atoms with van der Waals surface area (Å²) in [6, 6.07) is 0.976. The maximum Gasteiger partial charge on any atom is 0.222 e. The monoisotopic (exact) mass is 256 g/mol. The van der Waals surface area contributed by atoms with Gasteiger partial charge in [-0.2, -0.15) is 0 Å². The second-order valence-corrected chi connectivity index (χ2v) is 5.75. The topological polar surface area (TPSA) is 43.8 Å². The average molecular weight is 256 g/mol. The van der Waals surface area contributed by atoms with Gasteiger partial charge in [0.2, 0.25) is 5.91 Å². The zero-order valence-corrected chi connectivity index (χ0v) is 12.2. The van der Waals surface area contributed by atoms with Gasteiger partial charge in [-0.05, 0) is 40.0 Å². The standard InChI is InChI=1S/C14H28N2O2/c1-11(2)16-9-7-13(8-10-16)15(4)14(18)6-5-12(3)17/h11-13,17H,5-10H2,1-4H3. The van der Waals surface area contributed by atoms with Crippen LogP contribution in [0.25, 0.3) is 0 Å². The smallest absolute Gasteiger partial charge is 0.222 e. The van der Waals surface area contributed by atoms with E-state index in [9.17, 15) is 9.90 Å². The number of hydrogen-bond acceptors (Lipinski definition) is 3. The minimum atomic E-state index is -0.384. The second kappa shape index (κ2) is 7.10. The Labute approximate surface area is 111 Å². The Morgan fingerprint density at radius 1 is 1.33 bits per heavy atom. The summed E-state index contributed by atoms with van der Waals surface area (Å²) < 4.78 is 0. The fourth-order valence-corrected chi connectivity index (χ4v) is 2.50. The van der Waals surface area contributed by atoms with Crippen LogP contribution in [0.2, 0.25) is 0 Å². The molecule has 0 aromatic rings. The van der Waals surface area contributed by atoms with Crippen LogP contribution in [0.5, 0.6) is 0 Å². The van der Waals surface area contributed by atoms with Crippen molar-refractivity contribution in [1.29, 1.82) is 0 Å². The van der Waals surface area contributed by atoms with E-state index in [0.29, 0.717) is 24.9 Å². The summed E-state index contributed by atoms with van der Waals surface area (Å²) in [4.78, 5) is 16.3. The van der Waals surface area contributed by atoms with Crippen molar-refractivity contribution in [3.63, 3.8) is 0 Å². The normalized spacial score (nSPS) is 20.1. The van der Waals surface area contributed by atoms with Gasteiger partial charge in [-0.3, -0.25) is 4.79 Å². The summed E-state index contributed by atoms with van der Waals surface area (Å²) in [6.45, 7) is 8.33. The molecule has 1 aliphatic rings. The lowest BCUT2D eigenvalue weighted by atomic mass is 10.0. The van der Waals surface area contributed by atoms with Gasteiger partial charge in [-0.25, -0.2) is 0 Å². The van der Waals surface area contributed by atoms with Gasteiger partial charge in [-0.1, -0.05) is 0 Å². The molecule has 0 radical (unpaired) electrons. The summed E-state index contributed by atoms with van der Waals surface area (Å²) in [7, 11) is 1.90. The fourth-order valence-electron chi connectivity index (χ4n) is 2.50. The van der Waals surface area contributed by atoms with Crippen molar-refractivity contribution in [2.24, 2.45) is 0 Å². The van der Waals surface area contributed by atoms with Gasteiger partial charge in [0.15, 0.2) is 0 Å². The zero-order chi connectivity index (χ0) is 13.7. The van der Waals surface area contributed by atoms with Crippen LogP contribution in [0.3, 0.4) is 0 Å². The first-order chi connectivity index (χ1) is 8.41. The number of aliphatic hydroxyl groups is 1. The lowest BCUT2D eigenvalue weighted by Gasteiger charge is -2.38. The predicted molar refractivity (Wildman–Crippen MR) is 73.4 cm³/mol. The molecule has 106 valence electrons. The van der Waals surface area contributed by atoms with Crippen LogP contribution in [0, 0.1) is 0 Å². The highest BCUT2D eigenvalue weighted by molar-refractivity contribution is 5.76. The van der Waals surface area contributed by atoms with Gasteiger partial charge in [-0.15, -0.1) is 0 Å². The minimum absolute atomic E-state index is 0.166. The first kappa shape index (κ1) is 15.4. The van der Waals surface area contributed by atoms with Gasteiger partial charge in [0, 0.05) is 38.6 Å². The zero-order valence-electron chi connectivity index (χ0n) is 12.2. The number of amides is 1. The minimum Gasteiger partial charge on any atom is -0.393 e. The largest absolute Gasteiger partial charge is 0.393 e. The Bertz CT molecular complexity index is 259. The molecule has 0 aromatic heterocycles. The molecule has 1 saturated heterocycles. The molecule has 18 heavy (non-hydrogen) atoms. The van der Waals surface area contributed by atoms with Crippen LogP contribution >= 0.6 is 0 Å². The van der Waals surface area contributed by atoms with E-state index < -0.39 is 0 Å². The summed E-state index contributed by atoms with van der Waals surface area (Å²) >= 11 is 0. The molecular weight excluding hydrogens is 228 g/mol. The van der Waals surface area contributed by atoms with E-state index in [-0.39, 0.29) is 12.0 Å². The summed E-state index contributed by atoms with van der Waals surface area (Å²) in [5, 5.41) is 9.21. The first-order valence-electron chi connectivity index (χ1n) is 7.09. The number of likely N-dealkylation sites (tertiary alicyclic amines) is 1. The van der Waals surface area contributed by atoms with Crippen molar-refractivity contribution in [1.82, 2.24) is 9.80 Å². The molecule has 1 rings (SSSR count). The molecule has 0 spiro atoms. The van der Waals surface area contributed by atoms with Gasteiger partial charge in [0.05, 0.1) is 6.10 Å². The van der Waals surface area contributed by atoms with Crippen molar-refractivity contribution in [3.8, 4) is 0 Å². The Morgan fingerprint density at radius 3 is 2.33 bits per heavy atom. The Balaban J connectivity index is 2.35. The number of rotatable bonds is 5. The summed E-state index contributed by atoms with van der Waals surface area (Å²) in [5.41, 5.74) is 0. The lowest BCUT2D eigenvalue weighted by Crippen LogP contribution is -2.47. The molecular formula is C14H28N2O2. The lowest BCUT2D eigenvalue weighted by molar-refractivity contribution is -0.133. The molecule has 1 atom stereocenters. The molecule has 0 aromatic carbocycles. The highest BCUT2D eigenvalue weighted by Gasteiger charge is 2.26. The molecule has 0 bridgehead atoms. The van der Waals surface area contributed by atoms with Crippen molar-refractivity contribution < 1.29 is 9.90 Å². The van der Waals surface area contributed by atoms with E-state index >= 15 is 0 Å². The highest BCUT2D eigenvalue weighted by Crippen LogP contribution is 2.18. The summed E-state index contributed by atoms with van der Waals surface area (Å²) in [5.74, 6) is 0.166. The van der Waals surface area contributed by atoms with E-state index in [1.807, 2.05) is 11.9 Å². The molecule has 1 heterocycles. The fraction of sp³-hybridized carbons (Fsp3) is 0.929. The molecule has 0 saturated carbocycles. The maximum absolute atomic E-state index is 12.0. The van der Waals surface area contributed by atoms with Crippen molar-refractivity contribution in [2.45, 2.75) is 64.6 Å². The van der Waals surface area contributed by atoms with Crippen LogP contribution in [-0.4, -0.2) is 59.1 Å². The molecule has 4 heteroatoms. The highest BCUT2D eigenvalue weighted by atomic mass is 16.3. The van der Waals surface area contributed by atoms with Crippen molar-refractivity contribution >= 4 is 5.91 Å². The Hall–Kier alpha value is -0.610. The molecule has 0 aliphatic carbocycles. The Morgan fingerprint density at radius 2 is 1.89 bits per heavy atom. The molecule has 4 nitrogen and oxygen atoms in total. The molecule has 1 fully saturated rings. The van der Waals surface area contributed by atoms with Crippen LogP contribution in [0.1, 0.15) is 46.5 Å². The van der Waals surface area contributed by atoms with Crippen LogP contribution < -0.4 is 0 Å². The number of hydrogen-bond donors (Lipinski definition) is 1. The number of aliphatic hydroxyl groups excluding tert-OH is 1. The third kappa shape index (κ3) is 4.58. The molecule has 1 N–H and O–H groups in total. The quantitative estimate of drug-likeness (QED) is 0.810. The van der Waals surface area contributed by atoms with E-state index in [1.54, 1.807) is 6.92 Å². The average Bonchev–Trinajstić information content (AvgIpc) is 2.35. The predicted octanol–water partition coefficient (Wildman–Crippen LogP) is 1.48. The molecule has 1 unspecified atom stereocenters. The molecule has 1 amide bonds. The van der Waals surface area contributed by atoms with Gasteiger partial charge in [0.25, 0.3) is 0 Å². The van der Waals surface area contributed by atoms with Crippen molar-refractivity contribution in [3.05, 3.63) is 0 Å².